The van der Waals surface area contributed by atoms with Gasteiger partial charge in [-0.1, -0.05) is 6.07 Å². The topological polar surface area (TPSA) is 47.3 Å². The Morgan fingerprint density at radius 2 is 1.90 bits per heavy atom. The number of halogens is 2. The number of ether oxygens (including phenoxy) is 1. The first-order valence-electron chi connectivity index (χ1n) is 6.65. The number of nitrogen functional groups attached to an aromatic ring is 1. The first kappa shape index (κ1) is 15.6. The summed E-state index contributed by atoms with van der Waals surface area (Å²) < 4.78 is 20.2. The molecule has 2 aromatic rings. The third-order valence-corrected chi connectivity index (χ3v) is 3.52. The average Bonchev–Trinajstić information content (AvgIpc) is 2.37. The minimum atomic E-state index is -0.463. The molecule has 0 unspecified atom stereocenters. The molecule has 3 N–H and O–H groups in total. The molecule has 5 heteroatoms. The summed E-state index contributed by atoms with van der Waals surface area (Å²) >= 11 is 3.49. The minimum Gasteiger partial charge on any atom is -0.488 e. The van der Waals surface area contributed by atoms with E-state index in [0.717, 1.165) is 15.7 Å². The van der Waals surface area contributed by atoms with Gasteiger partial charge in [-0.3, -0.25) is 0 Å². The van der Waals surface area contributed by atoms with E-state index in [1.807, 2.05) is 39.0 Å². The van der Waals surface area contributed by atoms with Gasteiger partial charge in [0.2, 0.25) is 0 Å². The summed E-state index contributed by atoms with van der Waals surface area (Å²) in [5, 5.41) is 3.19. The number of rotatable bonds is 4. The molecular weight excluding hydrogens is 335 g/mol. The molecule has 112 valence electrons. The molecule has 0 spiro atoms. The number of hydrogen-bond donors (Lipinski definition) is 2. The van der Waals surface area contributed by atoms with Crippen molar-refractivity contribution in [3.8, 4) is 5.75 Å². The fourth-order valence-electron chi connectivity index (χ4n) is 1.89. The van der Waals surface area contributed by atoms with Gasteiger partial charge in [-0.2, -0.15) is 0 Å². The SMILES string of the molecule is Cc1ccc(Nc2cc(OC(C)C)c(F)cc2N)c(Br)c1. The zero-order valence-corrected chi connectivity index (χ0v) is 13.8. The van der Waals surface area contributed by atoms with Crippen molar-refractivity contribution < 1.29 is 9.13 Å². The van der Waals surface area contributed by atoms with Crippen LogP contribution < -0.4 is 15.8 Å². The molecule has 0 aromatic heterocycles. The highest BCUT2D eigenvalue weighted by atomic mass is 79.9. The smallest absolute Gasteiger partial charge is 0.167 e. The van der Waals surface area contributed by atoms with E-state index in [1.165, 1.54) is 6.07 Å². The van der Waals surface area contributed by atoms with E-state index in [9.17, 15) is 4.39 Å². The van der Waals surface area contributed by atoms with Crippen molar-refractivity contribution in [2.75, 3.05) is 11.1 Å². The molecule has 0 aliphatic heterocycles. The molecule has 0 saturated heterocycles. The molecule has 2 aromatic carbocycles. The Bertz CT molecular complexity index is 659. The quantitative estimate of drug-likeness (QED) is 0.760. The van der Waals surface area contributed by atoms with Gasteiger partial charge in [0, 0.05) is 16.6 Å². The predicted molar refractivity (Wildman–Crippen MR) is 88.7 cm³/mol. The molecule has 0 aliphatic rings. The second-order valence-corrected chi connectivity index (χ2v) is 6.00. The molecule has 0 bridgehead atoms. The molecule has 0 fully saturated rings. The van der Waals surface area contributed by atoms with Crippen LogP contribution in [0.1, 0.15) is 19.4 Å². The first-order valence-corrected chi connectivity index (χ1v) is 7.45. The van der Waals surface area contributed by atoms with Crippen molar-refractivity contribution in [3.05, 3.63) is 46.2 Å². The van der Waals surface area contributed by atoms with Crippen LogP contribution >= 0.6 is 15.9 Å². The van der Waals surface area contributed by atoms with Crippen molar-refractivity contribution in [1.29, 1.82) is 0 Å². The summed E-state index contributed by atoms with van der Waals surface area (Å²) in [6.07, 6.45) is -0.109. The minimum absolute atomic E-state index is 0.109. The van der Waals surface area contributed by atoms with E-state index in [4.69, 9.17) is 10.5 Å². The highest BCUT2D eigenvalue weighted by molar-refractivity contribution is 9.10. The lowest BCUT2D eigenvalue weighted by Crippen LogP contribution is -2.08. The monoisotopic (exact) mass is 352 g/mol. The summed E-state index contributed by atoms with van der Waals surface area (Å²) in [5.74, 6) is -0.278. The van der Waals surface area contributed by atoms with Crippen molar-refractivity contribution >= 4 is 33.0 Å². The fourth-order valence-corrected chi connectivity index (χ4v) is 2.48. The first-order chi connectivity index (χ1) is 9.86. The summed E-state index contributed by atoms with van der Waals surface area (Å²) in [5.41, 5.74) is 8.81. The van der Waals surface area contributed by atoms with E-state index < -0.39 is 5.82 Å². The van der Waals surface area contributed by atoms with E-state index in [0.29, 0.717) is 11.4 Å². The van der Waals surface area contributed by atoms with E-state index in [2.05, 4.69) is 21.2 Å². The van der Waals surface area contributed by atoms with Crippen molar-refractivity contribution in [2.45, 2.75) is 26.9 Å². The van der Waals surface area contributed by atoms with Crippen LogP contribution in [0.2, 0.25) is 0 Å². The van der Waals surface area contributed by atoms with Gasteiger partial charge in [0.15, 0.2) is 11.6 Å². The van der Waals surface area contributed by atoms with Crippen LogP contribution in [-0.4, -0.2) is 6.10 Å². The van der Waals surface area contributed by atoms with Crippen LogP contribution in [0.3, 0.4) is 0 Å². The highest BCUT2D eigenvalue weighted by Crippen LogP contribution is 2.33. The van der Waals surface area contributed by atoms with Crippen LogP contribution in [0.15, 0.2) is 34.8 Å². The third kappa shape index (κ3) is 3.88. The number of aryl methyl sites for hydroxylation is 1. The highest BCUT2D eigenvalue weighted by Gasteiger charge is 2.11. The Morgan fingerprint density at radius 3 is 2.52 bits per heavy atom. The van der Waals surface area contributed by atoms with Gasteiger partial charge in [-0.05, 0) is 54.4 Å². The molecule has 0 heterocycles. The van der Waals surface area contributed by atoms with E-state index in [1.54, 1.807) is 6.07 Å². The van der Waals surface area contributed by atoms with Crippen molar-refractivity contribution in [2.24, 2.45) is 0 Å². The van der Waals surface area contributed by atoms with Crippen LogP contribution in [0.25, 0.3) is 0 Å². The van der Waals surface area contributed by atoms with Gasteiger partial charge in [-0.25, -0.2) is 4.39 Å². The maximum atomic E-state index is 13.8. The number of nitrogens with two attached hydrogens (primary N) is 1. The Balaban J connectivity index is 2.34. The molecule has 3 nitrogen and oxygen atoms in total. The molecular formula is C16H18BrFN2O. The zero-order chi connectivity index (χ0) is 15.6. The lowest BCUT2D eigenvalue weighted by Gasteiger charge is -2.16. The van der Waals surface area contributed by atoms with E-state index in [-0.39, 0.29) is 11.9 Å². The molecule has 2 rings (SSSR count). The Kier molecular flexibility index (Phi) is 4.73. The predicted octanol–water partition coefficient (Wildman–Crippen LogP) is 5.01. The number of anilines is 3. The maximum absolute atomic E-state index is 13.8. The second-order valence-electron chi connectivity index (χ2n) is 5.14. The molecule has 0 atom stereocenters. The van der Waals surface area contributed by atoms with Gasteiger partial charge in [0.25, 0.3) is 0 Å². The van der Waals surface area contributed by atoms with Gasteiger partial charge in [0.05, 0.1) is 23.2 Å². The number of nitrogens with one attached hydrogen (secondary N) is 1. The second kappa shape index (κ2) is 6.35. The van der Waals surface area contributed by atoms with Crippen LogP contribution in [0.5, 0.6) is 5.75 Å². The summed E-state index contributed by atoms with van der Waals surface area (Å²) in [7, 11) is 0. The van der Waals surface area contributed by atoms with E-state index >= 15 is 0 Å². The van der Waals surface area contributed by atoms with Crippen molar-refractivity contribution in [3.63, 3.8) is 0 Å². The van der Waals surface area contributed by atoms with Crippen LogP contribution in [-0.2, 0) is 0 Å². The van der Waals surface area contributed by atoms with Crippen molar-refractivity contribution in [1.82, 2.24) is 0 Å². The Morgan fingerprint density at radius 1 is 1.19 bits per heavy atom. The average molecular weight is 353 g/mol. The molecule has 21 heavy (non-hydrogen) atoms. The molecule has 0 amide bonds. The molecule has 0 radical (unpaired) electrons. The summed E-state index contributed by atoms with van der Waals surface area (Å²) in [6.45, 7) is 5.70. The lowest BCUT2D eigenvalue weighted by atomic mass is 10.2. The van der Waals surface area contributed by atoms with Gasteiger partial charge < -0.3 is 15.8 Å². The summed E-state index contributed by atoms with van der Waals surface area (Å²) in [6, 6.07) is 8.76. The lowest BCUT2D eigenvalue weighted by molar-refractivity contribution is 0.231. The van der Waals surface area contributed by atoms with Gasteiger partial charge in [-0.15, -0.1) is 0 Å². The number of benzene rings is 2. The fraction of sp³-hybridized carbons (Fsp3) is 0.250. The Hall–Kier alpha value is -1.75. The third-order valence-electron chi connectivity index (χ3n) is 2.86. The number of hydrogen-bond acceptors (Lipinski definition) is 3. The summed E-state index contributed by atoms with van der Waals surface area (Å²) in [4.78, 5) is 0. The zero-order valence-electron chi connectivity index (χ0n) is 12.2. The Labute approximate surface area is 132 Å². The molecule has 0 aliphatic carbocycles. The maximum Gasteiger partial charge on any atom is 0.167 e. The largest absolute Gasteiger partial charge is 0.488 e. The normalized spacial score (nSPS) is 10.8. The van der Waals surface area contributed by atoms with Gasteiger partial charge in [0.1, 0.15) is 0 Å². The van der Waals surface area contributed by atoms with Gasteiger partial charge >= 0.3 is 0 Å². The van der Waals surface area contributed by atoms with Crippen LogP contribution in [0.4, 0.5) is 21.5 Å². The molecule has 0 saturated carbocycles. The standard InChI is InChI=1S/C16H18BrFN2O/c1-9(2)21-16-8-15(13(19)7-12(16)18)20-14-5-4-10(3)6-11(14)17/h4-9,20H,19H2,1-3H3. The van der Waals surface area contributed by atoms with Crippen LogP contribution in [0, 0.1) is 12.7 Å².